The highest BCUT2D eigenvalue weighted by Crippen LogP contribution is 2.60. The van der Waals surface area contributed by atoms with Crippen molar-refractivity contribution in [3.63, 3.8) is 0 Å². The molecule has 146 valence electrons. The van der Waals surface area contributed by atoms with Gasteiger partial charge in [0, 0.05) is 5.69 Å². The van der Waals surface area contributed by atoms with E-state index in [1.165, 1.54) is 44.1 Å². The van der Waals surface area contributed by atoms with Gasteiger partial charge in [0.15, 0.2) is 6.10 Å². The van der Waals surface area contributed by atoms with Crippen molar-refractivity contribution in [2.45, 2.75) is 57.0 Å². The zero-order chi connectivity index (χ0) is 19.1. The molecule has 4 aliphatic carbocycles. The summed E-state index contributed by atoms with van der Waals surface area (Å²) in [6.45, 7) is 1.78. The first kappa shape index (κ1) is 17.8. The highest BCUT2D eigenvalue weighted by molar-refractivity contribution is 5.94. The van der Waals surface area contributed by atoms with Crippen LogP contribution >= 0.6 is 0 Å². The highest BCUT2D eigenvalue weighted by Gasteiger charge is 2.51. The minimum Gasteiger partial charge on any atom is -0.481 e. The molecule has 1 atom stereocenters. The molecule has 6 rings (SSSR count). The number of carbonyl (C=O) groups is 1. The number of ether oxygens (including phenoxy) is 1. The van der Waals surface area contributed by atoms with Crippen LogP contribution in [0.1, 0.15) is 51.0 Å². The lowest BCUT2D eigenvalue weighted by Gasteiger charge is -2.57. The Morgan fingerprint density at radius 2 is 1.50 bits per heavy atom. The maximum Gasteiger partial charge on any atom is 0.265 e. The summed E-state index contributed by atoms with van der Waals surface area (Å²) in [4.78, 5) is 12.5. The van der Waals surface area contributed by atoms with Crippen LogP contribution in [0.2, 0.25) is 0 Å². The Kier molecular flexibility index (Phi) is 4.41. The maximum atomic E-state index is 12.5. The number of anilines is 1. The molecule has 0 aliphatic heterocycles. The van der Waals surface area contributed by atoms with E-state index in [4.69, 9.17) is 4.74 Å². The van der Waals surface area contributed by atoms with Crippen molar-refractivity contribution < 1.29 is 9.53 Å². The Hall–Kier alpha value is -2.29. The second-order valence-corrected chi connectivity index (χ2v) is 9.34. The van der Waals surface area contributed by atoms with Crippen molar-refractivity contribution >= 4 is 11.6 Å². The van der Waals surface area contributed by atoms with Crippen molar-refractivity contribution in [1.82, 2.24) is 0 Å². The number of benzene rings is 2. The summed E-state index contributed by atoms with van der Waals surface area (Å²) in [5.74, 6) is 3.43. The zero-order valence-electron chi connectivity index (χ0n) is 16.6. The SMILES string of the molecule is CC(Oc1ccccc1)C(=O)Nc1ccc(C23CC4CC(CC(C4)C2)C3)cc1. The van der Waals surface area contributed by atoms with Crippen LogP contribution in [0.3, 0.4) is 0 Å². The van der Waals surface area contributed by atoms with Crippen LogP contribution in [0.5, 0.6) is 5.75 Å². The lowest BCUT2D eigenvalue weighted by Crippen LogP contribution is -2.48. The standard InChI is InChI=1S/C25H29NO2/c1-17(28-23-5-3-2-4-6-23)24(27)26-22-9-7-21(8-10-22)25-14-18-11-19(15-25)13-20(12-18)16-25/h2-10,17-20H,11-16H2,1H3,(H,26,27). The number of para-hydroxylation sites is 1. The molecule has 0 spiro atoms. The molecule has 3 nitrogen and oxygen atoms in total. The van der Waals surface area contributed by atoms with E-state index >= 15 is 0 Å². The van der Waals surface area contributed by atoms with Gasteiger partial charge in [-0.15, -0.1) is 0 Å². The summed E-state index contributed by atoms with van der Waals surface area (Å²) in [7, 11) is 0. The van der Waals surface area contributed by atoms with Gasteiger partial charge in [0.2, 0.25) is 0 Å². The molecule has 2 aromatic rings. The third-order valence-corrected chi connectivity index (χ3v) is 7.23. The van der Waals surface area contributed by atoms with Gasteiger partial charge < -0.3 is 10.1 Å². The summed E-state index contributed by atoms with van der Waals surface area (Å²) in [5, 5.41) is 3.00. The number of carbonyl (C=O) groups excluding carboxylic acids is 1. The third kappa shape index (κ3) is 3.32. The molecule has 4 aliphatic rings. The van der Waals surface area contributed by atoms with E-state index in [2.05, 4.69) is 29.6 Å². The van der Waals surface area contributed by atoms with Gasteiger partial charge in [-0.3, -0.25) is 4.79 Å². The monoisotopic (exact) mass is 375 g/mol. The van der Waals surface area contributed by atoms with Crippen LogP contribution in [0, 0.1) is 17.8 Å². The molecule has 4 bridgehead atoms. The van der Waals surface area contributed by atoms with Gasteiger partial charge >= 0.3 is 0 Å². The molecule has 1 unspecified atom stereocenters. The Bertz CT molecular complexity index is 807. The molecule has 0 radical (unpaired) electrons. The first-order valence-corrected chi connectivity index (χ1v) is 10.7. The Morgan fingerprint density at radius 1 is 0.929 bits per heavy atom. The molecular weight excluding hydrogens is 346 g/mol. The molecule has 1 amide bonds. The van der Waals surface area contributed by atoms with Crippen molar-refractivity contribution in [3.05, 3.63) is 60.2 Å². The zero-order valence-corrected chi connectivity index (χ0v) is 16.6. The minimum absolute atomic E-state index is 0.119. The summed E-state index contributed by atoms with van der Waals surface area (Å²) >= 11 is 0. The van der Waals surface area contributed by atoms with Gasteiger partial charge in [-0.05, 0) is 98.4 Å². The van der Waals surface area contributed by atoms with Crippen molar-refractivity contribution in [2.75, 3.05) is 5.32 Å². The van der Waals surface area contributed by atoms with E-state index in [1.807, 2.05) is 30.3 Å². The van der Waals surface area contributed by atoms with Crippen LogP contribution in [0.25, 0.3) is 0 Å². The summed E-state index contributed by atoms with van der Waals surface area (Å²) < 4.78 is 5.72. The van der Waals surface area contributed by atoms with E-state index in [1.54, 1.807) is 6.92 Å². The average molecular weight is 376 g/mol. The van der Waals surface area contributed by atoms with E-state index in [0.29, 0.717) is 11.2 Å². The fourth-order valence-electron chi connectivity index (χ4n) is 6.37. The molecule has 1 N–H and O–H groups in total. The largest absolute Gasteiger partial charge is 0.481 e. The lowest BCUT2D eigenvalue weighted by molar-refractivity contribution is -0.122. The molecule has 0 heterocycles. The number of rotatable bonds is 5. The van der Waals surface area contributed by atoms with Gasteiger partial charge in [0.05, 0.1) is 0 Å². The molecular formula is C25H29NO2. The third-order valence-electron chi connectivity index (χ3n) is 7.23. The van der Waals surface area contributed by atoms with Crippen molar-refractivity contribution in [1.29, 1.82) is 0 Å². The molecule has 2 aromatic carbocycles. The molecule has 0 aromatic heterocycles. The maximum absolute atomic E-state index is 12.5. The van der Waals surface area contributed by atoms with Gasteiger partial charge in [-0.1, -0.05) is 30.3 Å². The Morgan fingerprint density at radius 3 is 2.07 bits per heavy atom. The highest BCUT2D eigenvalue weighted by atomic mass is 16.5. The molecule has 28 heavy (non-hydrogen) atoms. The molecule has 0 saturated heterocycles. The van der Waals surface area contributed by atoms with Crippen molar-refractivity contribution in [2.24, 2.45) is 17.8 Å². The molecule has 4 saturated carbocycles. The smallest absolute Gasteiger partial charge is 0.265 e. The first-order valence-electron chi connectivity index (χ1n) is 10.7. The van der Waals surface area contributed by atoms with Gasteiger partial charge in [-0.2, -0.15) is 0 Å². The summed E-state index contributed by atoms with van der Waals surface area (Å²) in [6, 6.07) is 18.1. The predicted molar refractivity (Wildman–Crippen MR) is 111 cm³/mol. The van der Waals surface area contributed by atoms with E-state index in [-0.39, 0.29) is 5.91 Å². The van der Waals surface area contributed by atoms with E-state index < -0.39 is 6.10 Å². The molecule has 4 fully saturated rings. The van der Waals surface area contributed by atoms with Gasteiger partial charge in [-0.25, -0.2) is 0 Å². The molecule has 3 heteroatoms. The number of amides is 1. The van der Waals surface area contributed by atoms with Crippen LogP contribution in [-0.4, -0.2) is 12.0 Å². The fourth-order valence-corrected chi connectivity index (χ4v) is 6.37. The first-order chi connectivity index (χ1) is 13.6. The van der Waals surface area contributed by atoms with Crippen LogP contribution in [-0.2, 0) is 10.2 Å². The van der Waals surface area contributed by atoms with Crippen LogP contribution in [0.15, 0.2) is 54.6 Å². The van der Waals surface area contributed by atoms with E-state index in [0.717, 1.165) is 23.4 Å². The van der Waals surface area contributed by atoms with Crippen molar-refractivity contribution in [3.8, 4) is 5.75 Å². The number of hydrogen-bond donors (Lipinski definition) is 1. The summed E-state index contributed by atoms with van der Waals surface area (Å²) in [5.41, 5.74) is 2.74. The average Bonchev–Trinajstić information content (AvgIpc) is 2.68. The number of nitrogens with one attached hydrogen (secondary N) is 1. The van der Waals surface area contributed by atoms with E-state index in [9.17, 15) is 4.79 Å². The Labute approximate surface area is 167 Å². The van der Waals surface area contributed by atoms with Crippen LogP contribution in [0.4, 0.5) is 5.69 Å². The lowest BCUT2D eigenvalue weighted by atomic mass is 9.48. The second kappa shape index (κ2) is 6.95. The van der Waals surface area contributed by atoms with Gasteiger partial charge in [0.1, 0.15) is 5.75 Å². The second-order valence-electron chi connectivity index (χ2n) is 9.34. The number of hydrogen-bond acceptors (Lipinski definition) is 2. The van der Waals surface area contributed by atoms with Gasteiger partial charge in [0.25, 0.3) is 5.91 Å². The normalized spacial score (nSPS) is 31.4. The Balaban J connectivity index is 1.25. The topological polar surface area (TPSA) is 38.3 Å². The summed E-state index contributed by atoms with van der Waals surface area (Å²) in [6.07, 6.45) is 7.96. The van der Waals surface area contributed by atoms with Crippen LogP contribution < -0.4 is 10.1 Å². The minimum atomic E-state index is -0.537. The predicted octanol–water partition coefficient (Wildman–Crippen LogP) is 5.56. The fraction of sp³-hybridized carbons (Fsp3) is 0.480. The quantitative estimate of drug-likeness (QED) is 0.743.